The van der Waals surface area contributed by atoms with E-state index in [-0.39, 0.29) is 11.8 Å². The van der Waals surface area contributed by atoms with Gasteiger partial charge in [-0.05, 0) is 33.1 Å². The van der Waals surface area contributed by atoms with Gasteiger partial charge in [0.05, 0.1) is 7.11 Å². The van der Waals surface area contributed by atoms with Gasteiger partial charge in [0, 0.05) is 6.42 Å². The summed E-state index contributed by atoms with van der Waals surface area (Å²) in [5.41, 5.74) is 0.240. The lowest BCUT2D eigenvalue weighted by atomic mass is 9.81. The van der Waals surface area contributed by atoms with Crippen LogP contribution in [0.1, 0.15) is 39.5 Å². The van der Waals surface area contributed by atoms with Crippen LogP contribution in [-0.4, -0.2) is 18.9 Å². The van der Waals surface area contributed by atoms with E-state index in [1.54, 1.807) is 0 Å². The number of ketones is 1. The van der Waals surface area contributed by atoms with E-state index in [0.29, 0.717) is 19.3 Å². The molecule has 84 valence electrons. The zero-order valence-electron chi connectivity index (χ0n) is 9.63. The Morgan fingerprint density at radius 3 is 2.60 bits per heavy atom. The Morgan fingerprint density at radius 2 is 2.20 bits per heavy atom. The second-order valence-corrected chi connectivity index (χ2v) is 4.34. The van der Waals surface area contributed by atoms with Crippen molar-refractivity contribution in [2.45, 2.75) is 39.5 Å². The lowest BCUT2D eigenvalue weighted by Gasteiger charge is -2.22. The maximum absolute atomic E-state index is 11.8. The highest BCUT2D eigenvalue weighted by atomic mass is 16.5. The van der Waals surface area contributed by atoms with Crippen LogP contribution in [0.5, 0.6) is 0 Å². The van der Waals surface area contributed by atoms with Gasteiger partial charge in [-0.15, -0.1) is 0 Å². The molecule has 0 aromatic heterocycles. The number of methoxy groups -OCH3 is 1. The van der Waals surface area contributed by atoms with Crippen LogP contribution in [0.2, 0.25) is 0 Å². The third-order valence-electron chi connectivity index (χ3n) is 2.98. The smallest absolute Gasteiger partial charge is 0.319 e. The van der Waals surface area contributed by atoms with Gasteiger partial charge in [0.1, 0.15) is 5.41 Å². The van der Waals surface area contributed by atoms with E-state index in [1.165, 1.54) is 7.11 Å². The van der Waals surface area contributed by atoms with Gasteiger partial charge < -0.3 is 4.74 Å². The van der Waals surface area contributed by atoms with E-state index >= 15 is 0 Å². The van der Waals surface area contributed by atoms with Crippen molar-refractivity contribution < 1.29 is 14.3 Å². The molecule has 1 unspecified atom stereocenters. The summed E-state index contributed by atoms with van der Waals surface area (Å²) in [6, 6.07) is 0. The zero-order chi connectivity index (χ0) is 11.5. The summed E-state index contributed by atoms with van der Waals surface area (Å²) in [7, 11) is 1.35. The first kappa shape index (κ1) is 12.0. The molecule has 0 radical (unpaired) electrons. The Bertz CT molecular complexity index is 300. The highest BCUT2D eigenvalue weighted by Gasteiger charge is 2.48. The normalized spacial score (nSPS) is 25.1. The second-order valence-electron chi connectivity index (χ2n) is 4.34. The summed E-state index contributed by atoms with van der Waals surface area (Å²) in [4.78, 5) is 23.5. The van der Waals surface area contributed by atoms with Gasteiger partial charge >= 0.3 is 5.97 Å². The minimum absolute atomic E-state index is 0.0341. The van der Waals surface area contributed by atoms with Crippen molar-refractivity contribution in [1.82, 2.24) is 0 Å². The van der Waals surface area contributed by atoms with E-state index in [2.05, 4.69) is 0 Å². The maximum Gasteiger partial charge on any atom is 0.319 e. The van der Waals surface area contributed by atoms with Crippen molar-refractivity contribution in [2.75, 3.05) is 7.11 Å². The number of ether oxygens (including phenoxy) is 1. The molecule has 0 saturated heterocycles. The van der Waals surface area contributed by atoms with E-state index in [1.807, 2.05) is 19.9 Å². The van der Waals surface area contributed by atoms with Gasteiger partial charge in [0.2, 0.25) is 0 Å². The van der Waals surface area contributed by atoms with Crippen molar-refractivity contribution in [1.29, 1.82) is 0 Å². The fourth-order valence-corrected chi connectivity index (χ4v) is 2.02. The molecule has 1 saturated carbocycles. The van der Waals surface area contributed by atoms with Crippen molar-refractivity contribution in [3.63, 3.8) is 0 Å². The van der Waals surface area contributed by atoms with Crippen molar-refractivity contribution in [3.05, 3.63) is 11.6 Å². The van der Waals surface area contributed by atoms with Crippen LogP contribution in [-0.2, 0) is 14.3 Å². The molecule has 3 heteroatoms. The maximum atomic E-state index is 11.8. The molecule has 1 aliphatic rings. The highest BCUT2D eigenvalue weighted by molar-refractivity contribution is 6.05. The molecule has 0 aliphatic heterocycles. The third kappa shape index (κ3) is 2.28. The first-order valence-electron chi connectivity index (χ1n) is 5.28. The molecule has 1 aliphatic carbocycles. The fourth-order valence-electron chi connectivity index (χ4n) is 2.02. The lowest BCUT2D eigenvalue weighted by Crippen LogP contribution is -2.35. The molecule has 1 fully saturated rings. The topological polar surface area (TPSA) is 43.4 Å². The monoisotopic (exact) mass is 210 g/mol. The summed E-state index contributed by atoms with van der Waals surface area (Å²) in [6.45, 7) is 3.93. The number of carbonyl (C=O) groups is 2. The Hall–Kier alpha value is -1.12. The van der Waals surface area contributed by atoms with Crippen LogP contribution >= 0.6 is 0 Å². The average Bonchev–Trinajstić information content (AvgIpc) is 2.57. The third-order valence-corrected chi connectivity index (χ3v) is 2.98. The number of carbonyl (C=O) groups excluding carboxylic acids is 2. The lowest BCUT2D eigenvalue weighted by molar-refractivity contribution is -0.156. The highest BCUT2D eigenvalue weighted by Crippen LogP contribution is 2.39. The molecule has 0 N–H and O–H groups in total. The van der Waals surface area contributed by atoms with E-state index in [0.717, 1.165) is 12.0 Å². The molecule has 0 heterocycles. The van der Waals surface area contributed by atoms with Crippen LogP contribution in [0.4, 0.5) is 0 Å². The van der Waals surface area contributed by atoms with E-state index in [4.69, 9.17) is 4.74 Å². The van der Waals surface area contributed by atoms with E-state index in [9.17, 15) is 9.59 Å². The Labute approximate surface area is 90.5 Å². The molecule has 0 aromatic carbocycles. The van der Waals surface area contributed by atoms with Gasteiger partial charge in [0.15, 0.2) is 5.78 Å². The SMILES string of the molecule is COC(=O)C1(CC=C(C)C)CCCC1=O. The molecule has 0 bridgehead atoms. The average molecular weight is 210 g/mol. The first-order valence-corrected chi connectivity index (χ1v) is 5.28. The van der Waals surface area contributed by atoms with Gasteiger partial charge in [0.25, 0.3) is 0 Å². The van der Waals surface area contributed by atoms with Crippen LogP contribution in [0.25, 0.3) is 0 Å². The summed E-state index contributed by atoms with van der Waals surface area (Å²) >= 11 is 0. The molecule has 0 aromatic rings. The van der Waals surface area contributed by atoms with Crippen LogP contribution in [0, 0.1) is 5.41 Å². The Morgan fingerprint density at radius 1 is 1.53 bits per heavy atom. The number of esters is 1. The number of hydrogen-bond acceptors (Lipinski definition) is 3. The predicted molar refractivity (Wildman–Crippen MR) is 57.4 cm³/mol. The molecule has 0 amide bonds. The van der Waals surface area contributed by atoms with Crippen LogP contribution in [0.15, 0.2) is 11.6 Å². The molecule has 15 heavy (non-hydrogen) atoms. The number of allylic oxidation sites excluding steroid dienone is 2. The van der Waals surface area contributed by atoms with Crippen molar-refractivity contribution in [3.8, 4) is 0 Å². The van der Waals surface area contributed by atoms with Crippen LogP contribution < -0.4 is 0 Å². The van der Waals surface area contributed by atoms with Crippen LogP contribution in [0.3, 0.4) is 0 Å². The molecule has 1 rings (SSSR count). The van der Waals surface area contributed by atoms with Crippen molar-refractivity contribution in [2.24, 2.45) is 5.41 Å². The molecule has 3 nitrogen and oxygen atoms in total. The minimum atomic E-state index is -0.883. The number of Topliss-reactive ketones (excluding diaryl/α,β-unsaturated/α-hetero) is 1. The number of rotatable bonds is 3. The summed E-state index contributed by atoms with van der Waals surface area (Å²) in [5.74, 6) is -0.339. The van der Waals surface area contributed by atoms with Gasteiger partial charge in [-0.3, -0.25) is 9.59 Å². The first-order chi connectivity index (χ1) is 7.03. The zero-order valence-corrected chi connectivity index (χ0v) is 9.63. The summed E-state index contributed by atoms with van der Waals surface area (Å²) in [6.07, 6.45) is 4.36. The largest absolute Gasteiger partial charge is 0.468 e. The number of hydrogen-bond donors (Lipinski definition) is 0. The van der Waals surface area contributed by atoms with E-state index < -0.39 is 5.41 Å². The molecular weight excluding hydrogens is 192 g/mol. The van der Waals surface area contributed by atoms with Gasteiger partial charge in [-0.2, -0.15) is 0 Å². The Balaban J connectivity index is 2.91. The quantitative estimate of drug-likeness (QED) is 0.407. The molecular formula is C12H18O3. The fraction of sp³-hybridized carbons (Fsp3) is 0.667. The second kappa shape index (κ2) is 4.60. The van der Waals surface area contributed by atoms with Gasteiger partial charge in [-0.1, -0.05) is 11.6 Å². The minimum Gasteiger partial charge on any atom is -0.468 e. The predicted octanol–water partition coefficient (Wildman–Crippen LogP) is 2.26. The van der Waals surface area contributed by atoms with Crippen molar-refractivity contribution >= 4 is 11.8 Å². The Kier molecular flexibility index (Phi) is 3.66. The van der Waals surface area contributed by atoms with Gasteiger partial charge in [-0.25, -0.2) is 0 Å². The molecule has 1 atom stereocenters. The summed E-state index contributed by atoms with van der Waals surface area (Å²) in [5, 5.41) is 0. The molecule has 0 spiro atoms. The summed E-state index contributed by atoms with van der Waals surface area (Å²) < 4.78 is 4.75. The standard InChI is InChI=1S/C12H18O3/c1-9(2)6-8-12(11(14)15-3)7-4-5-10(12)13/h6H,4-5,7-8H2,1-3H3.